The van der Waals surface area contributed by atoms with Crippen molar-refractivity contribution in [3.05, 3.63) is 101 Å². The predicted molar refractivity (Wildman–Crippen MR) is 130 cm³/mol. The van der Waals surface area contributed by atoms with Crippen LogP contribution in [0.1, 0.15) is 16.8 Å². The lowest BCUT2D eigenvalue weighted by atomic mass is 10.2. The Hall–Kier alpha value is -2.95. The maximum atomic E-state index is 6.40. The van der Waals surface area contributed by atoms with Crippen LogP contribution in [-0.2, 0) is 0 Å². The molecule has 3 aromatic carbocycles. The van der Waals surface area contributed by atoms with Crippen LogP contribution >= 0.6 is 23.4 Å². The monoisotopic (exact) mass is 443 g/mol. The zero-order valence-corrected chi connectivity index (χ0v) is 19.2. The molecule has 5 heteroatoms. The molecule has 0 saturated carbocycles. The van der Waals surface area contributed by atoms with E-state index in [1.807, 2.05) is 23.0 Å². The van der Waals surface area contributed by atoms with Gasteiger partial charge in [-0.2, -0.15) is 5.10 Å². The SMILES string of the molecule is Cc1ccc(-n2cc(-n3c(C)c(Sc4cccc(C)c4)c4ccc(Cl)cc43)cn2)cc1. The van der Waals surface area contributed by atoms with Crippen molar-refractivity contribution in [2.75, 3.05) is 0 Å². The summed E-state index contributed by atoms with van der Waals surface area (Å²) in [5.74, 6) is 0. The summed E-state index contributed by atoms with van der Waals surface area (Å²) in [6, 6.07) is 23.1. The van der Waals surface area contributed by atoms with Gasteiger partial charge in [-0.25, -0.2) is 4.68 Å². The van der Waals surface area contributed by atoms with Crippen molar-refractivity contribution in [2.45, 2.75) is 30.6 Å². The van der Waals surface area contributed by atoms with Gasteiger partial charge in [0.05, 0.1) is 29.3 Å². The Kier molecular flexibility index (Phi) is 5.12. The van der Waals surface area contributed by atoms with Gasteiger partial charge in [-0.15, -0.1) is 0 Å². The minimum absolute atomic E-state index is 0.726. The van der Waals surface area contributed by atoms with Gasteiger partial charge < -0.3 is 4.57 Å². The molecule has 0 saturated heterocycles. The predicted octanol–water partition coefficient (Wildman–Crippen LogP) is 7.55. The third-order valence-corrected chi connectivity index (χ3v) is 6.89. The summed E-state index contributed by atoms with van der Waals surface area (Å²) in [7, 11) is 0. The Balaban J connectivity index is 1.64. The molecular weight excluding hydrogens is 422 g/mol. The molecule has 2 aromatic heterocycles. The van der Waals surface area contributed by atoms with E-state index >= 15 is 0 Å². The van der Waals surface area contributed by atoms with Crippen LogP contribution in [0.25, 0.3) is 22.3 Å². The van der Waals surface area contributed by atoms with Crippen LogP contribution < -0.4 is 0 Å². The van der Waals surface area contributed by atoms with Crippen LogP contribution in [0.15, 0.2) is 88.9 Å². The summed E-state index contributed by atoms with van der Waals surface area (Å²) in [4.78, 5) is 2.47. The highest BCUT2D eigenvalue weighted by atomic mass is 35.5. The van der Waals surface area contributed by atoms with Crippen molar-refractivity contribution in [1.82, 2.24) is 14.3 Å². The summed E-state index contributed by atoms with van der Waals surface area (Å²) in [5.41, 5.74) is 6.81. The van der Waals surface area contributed by atoms with Crippen molar-refractivity contribution < 1.29 is 0 Å². The van der Waals surface area contributed by atoms with Gasteiger partial charge in [0.25, 0.3) is 0 Å². The first-order valence-corrected chi connectivity index (χ1v) is 11.4. The van der Waals surface area contributed by atoms with E-state index in [-0.39, 0.29) is 0 Å². The molecule has 0 aliphatic carbocycles. The summed E-state index contributed by atoms with van der Waals surface area (Å²) in [6.45, 7) is 6.37. The molecule has 0 bridgehead atoms. The minimum Gasteiger partial charge on any atom is -0.310 e. The molecule has 0 spiro atoms. The number of halogens is 1. The van der Waals surface area contributed by atoms with Gasteiger partial charge >= 0.3 is 0 Å². The van der Waals surface area contributed by atoms with Crippen LogP contribution in [0.5, 0.6) is 0 Å². The maximum Gasteiger partial charge on any atom is 0.0845 e. The fourth-order valence-corrected chi connectivity index (χ4v) is 5.20. The van der Waals surface area contributed by atoms with Gasteiger partial charge in [0.1, 0.15) is 0 Å². The van der Waals surface area contributed by atoms with Crippen LogP contribution in [-0.4, -0.2) is 14.3 Å². The molecule has 0 N–H and O–H groups in total. The molecule has 154 valence electrons. The Morgan fingerprint density at radius 1 is 0.839 bits per heavy atom. The van der Waals surface area contributed by atoms with E-state index in [4.69, 9.17) is 11.6 Å². The second kappa shape index (κ2) is 7.95. The van der Waals surface area contributed by atoms with Gasteiger partial charge in [0.15, 0.2) is 0 Å². The molecule has 0 amide bonds. The second-order valence-corrected chi connectivity index (χ2v) is 9.33. The van der Waals surface area contributed by atoms with Crippen LogP contribution in [0, 0.1) is 20.8 Å². The molecule has 0 aliphatic heterocycles. The highest BCUT2D eigenvalue weighted by molar-refractivity contribution is 7.99. The Bertz CT molecular complexity index is 1400. The van der Waals surface area contributed by atoms with E-state index in [9.17, 15) is 0 Å². The molecule has 0 fully saturated rings. The number of aromatic nitrogens is 3. The Labute approximate surface area is 191 Å². The quantitative estimate of drug-likeness (QED) is 0.286. The second-order valence-electron chi connectivity index (χ2n) is 7.81. The highest BCUT2D eigenvalue weighted by Crippen LogP contribution is 2.40. The van der Waals surface area contributed by atoms with E-state index in [0.29, 0.717) is 0 Å². The summed E-state index contributed by atoms with van der Waals surface area (Å²) < 4.78 is 4.16. The number of rotatable bonds is 4. The Morgan fingerprint density at radius 3 is 2.42 bits per heavy atom. The number of hydrogen-bond acceptors (Lipinski definition) is 2. The molecule has 2 heterocycles. The molecule has 31 heavy (non-hydrogen) atoms. The number of benzene rings is 3. The van der Waals surface area contributed by atoms with E-state index in [1.54, 1.807) is 11.8 Å². The summed E-state index contributed by atoms with van der Waals surface area (Å²) in [5, 5.41) is 6.54. The first kappa shape index (κ1) is 20.0. The number of fused-ring (bicyclic) bond motifs is 1. The Morgan fingerprint density at radius 2 is 1.65 bits per heavy atom. The molecule has 0 atom stereocenters. The van der Waals surface area contributed by atoms with Gasteiger partial charge in [0.2, 0.25) is 0 Å². The average molecular weight is 444 g/mol. The van der Waals surface area contributed by atoms with E-state index in [2.05, 4.69) is 91.2 Å². The standard InChI is InChI=1S/C26H22ClN3S/c1-17-7-10-21(11-8-17)29-16-22(15-28-29)30-19(3)26(24-12-9-20(27)14-25(24)30)31-23-6-4-5-18(2)13-23/h4-16H,1-3H3. The molecule has 0 radical (unpaired) electrons. The molecule has 5 aromatic rings. The average Bonchev–Trinajstić information content (AvgIpc) is 3.32. The third kappa shape index (κ3) is 3.78. The van der Waals surface area contributed by atoms with Crippen molar-refractivity contribution in [3.8, 4) is 11.4 Å². The third-order valence-electron chi connectivity index (χ3n) is 5.44. The lowest BCUT2D eigenvalue weighted by Crippen LogP contribution is -1.96. The zero-order valence-electron chi connectivity index (χ0n) is 17.6. The minimum atomic E-state index is 0.726. The fourth-order valence-electron chi connectivity index (χ4n) is 3.88. The van der Waals surface area contributed by atoms with E-state index in [1.165, 1.54) is 32.0 Å². The lowest BCUT2D eigenvalue weighted by Gasteiger charge is -2.07. The fraction of sp³-hybridized carbons (Fsp3) is 0.115. The van der Waals surface area contributed by atoms with Crippen molar-refractivity contribution in [1.29, 1.82) is 0 Å². The first-order valence-electron chi connectivity index (χ1n) is 10.2. The van der Waals surface area contributed by atoms with Crippen LogP contribution in [0.3, 0.4) is 0 Å². The largest absolute Gasteiger partial charge is 0.310 e. The summed E-state index contributed by atoms with van der Waals surface area (Å²) >= 11 is 8.19. The van der Waals surface area contributed by atoms with E-state index in [0.717, 1.165) is 21.9 Å². The summed E-state index contributed by atoms with van der Waals surface area (Å²) in [6.07, 6.45) is 3.98. The topological polar surface area (TPSA) is 22.8 Å². The van der Waals surface area contributed by atoms with Gasteiger partial charge in [-0.05, 0) is 57.2 Å². The van der Waals surface area contributed by atoms with Gasteiger partial charge in [-0.1, -0.05) is 64.8 Å². The smallest absolute Gasteiger partial charge is 0.0845 e. The molecule has 0 aliphatic rings. The maximum absolute atomic E-state index is 6.40. The van der Waals surface area contributed by atoms with Gasteiger partial charge in [-0.3, -0.25) is 0 Å². The zero-order chi connectivity index (χ0) is 21.5. The normalized spacial score (nSPS) is 11.4. The first-order chi connectivity index (χ1) is 15.0. The molecule has 5 rings (SSSR count). The van der Waals surface area contributed by atoms with Crippen LogP contribution in [0.2, 0.25) is 5.02 Å². The van der Waals surface area contributed by atoms with E-state index < -0.39 is 0 Å². The molecule has 0 unspecified atom stereocenters. The number of aryl methyl sites for hydroxylation is 2. The molecular formula is C26H22ClN3S. The van der Waals surface area contributed by atoms with Crippen LogP contribution in [0.4, 0.5) is 0 Å². The number of hydrogen-bond donors (Lipinski definition) is 0. The van der Waals surface area contributed by atoms with Crippen molar-refractivity contribution >= 4 is 34.3 Å². The van der Waals surface area contributed by atoms with Gasteiger partial charge in [0, 0.05) is 25.9 Å². The number of nitrogens with zero attached hydrogens (tertiary/aromatic N) is 3. The lowest BCUT2D eigenvalue weighted by molar-refractivity contribution is 0.879. The highest BCUT2D eigenvalue weighted by Gasteiger charge is 2.18. The van der Waals surface area contributed by atoms with Crippen molar-refractivity contribution in [2.24, 2.45) is 0 Å². The van der Waals surface area contributed by atoms with Crippen molar-refractivity contribution in [3.63, 3.8) is 0 Å². The molecule has 3 nitrogen and oxygen atoms in total.